The van der Waals surface area contributed by atoms with Gasteiger partial charge < -0.3 is 10.2 Å². The minimum atomic E-state index is -0.258. The molecule has 1 atom stereocenters. The second kappa shape index (κ2) is 8.69. The minimum Gasteiger partial charge on any atom is -0.342 e. The molecule has 148 valence electrons. The third-order valence-electron chi connectivity index (χ3n) is 4.83. The maximum atomic E-state index is 12.5. The van der Waals surface area contributed by atoms with Gasteiger partial charge in [0.25, 0.3) is 5.91 Å². The monoisotopic (exact) mass is 400 g/mol. The number of rotatable bonds is 5. The van der Waals surface area contributed by atoms with Crippen molar-refractivity contribution in [1.29, 1.82) is 0 Å². The van der Waals surface area contributed by atoms with E-state index in [1.807, 2.05) is 18.7 Å². The van der Waals surface area contributed by atoms with E-state index in [1.165, 1.54) is 0 Å². The molecule has 1 aromatic carbocycles. The standard InChI is InChI=1S/C21H25ClN4O2/c1-13(2)10-19(27)26-9-8-15(12-26)20-23-11-18(14(3)24-20)21(28)25-17-6-4-16(22)5-7-17/h4-7,11,13,15H,8-10,12H2,1-3H3,(H,25,28)/t15-/m1/s1. The molecule has 0 radical (unpaired) electrons. The number of aryl methyl sites for hydroxylation is 1. The van der Waals surface area contributed by atoms with Gasteiger partial charge in [0.2, 0.25) is 5.91 Å². The van der Waals surface area contributed by atoms with Crippen molar-refractivity contribution in [2.45, 2.75) is 39.5 Å². The first-order valence-electron chi connectivity index (χ1n) is 9.51. The Morgan fingerprint density at radius 1 is 1.29 bits per heavy atom. The number of amides is 2. The Kier molecular flexibility index (Phi) is 6.29. The van der Waals surface area contributed by atoms with E-state index >= 15 is 0 Å². The van der Waals surface area contributed by atoms with E-state index in [1.54, 1.807) is 37.4 Å². The molecule has 1 aromatic heterocycles. The van der Waals surface area contributed by atoms with E-state index in [0.29, 0.717) is 46.7 Å². The molecule has 6 nitrogen and oxygen atoms in total. The molecular weight excluding hydrogens is 376 g/mol. The van der Waals surface area contributed by atoms with Gasteiger partial charge in [-0.25, -0.2) is 9.97 Å². The number of halogens is 1. The van der Waals surface area contributed by atoms with Gasteiger partial charge in [0, 0.05) is 42.3 Å². The van der Waals surface area contributed by atoms with Gasteiger partial charge in [-0.15, -0.1) is 0 Å². The maximum Gasteiger partial charge on any atom is 0.259 e. The van der Waals surface area contributed by atoms with Gasteiger partial charge in [-0.1, -0.05) is 25.4 Å². The lowest BCUT2D eigenvalue weighted by Crippen LogP contribution is -2.29. The van der Waals surface area contributed by atoms with Crippen molar-refractivity contribution in [3.05, 3.63) is 52.6 Å². The first-order chi connectivity index (χ1) is 13.3. The lowest BCUT2D eigenvalue weighted by molar-refractivity contribution is -0.130. The smallest absolute Gasteiger partial charge is 0.259 e. The number of carbonyl (C=O) groups excluding carboxylic acids is 2. The Hall–Kier alpha value is -2.47. The fraction of sp³-hybridized carbons (Fsp3) is 0.429. The molecule has 0 bridgehead atoms. The summed E-state index contributed by atoms with van der Waals surface area (Å²) in [7, 11) is 0. The first kappa shape index (κ1) is 20.3. The predicted molar refractivity (Wildman–Crippen MR) is 110 cm³/mol. The first-order valence-corrected chi connectivity index (χ1v) is 9.89. The number of likely N-dealkylation sites (tertiary alicyclic amines) is 1. The Balaban J connectivity index is 1.66. The molecule has 28 heavy (non-hydrogen) atoms. The molecule has 7 heteroatoms. The van der Waals surface area contributed by atoms with Gasteiger partial charge in [-0.2, -0.15) is 0 Å². The average molecular weight is 401 g/mol. The molecule has 2 aromatic rings. The third kappa shape index (κ3) is 4.87. The molecule has 0 spiro atoms. The molecule has 3 rings (SSSR count). The molecule has 2 amide bonds. The van der Waals surface area contributed by atoms with Crippen molar-refractivity contribution in [3.8, 4) is 0 Å². The van der Waals surface area contributed by atoms with Gasteiger partial charge in [0.05, 0.1) is 11.3 Å². The predicted octanol–water partition coefficient (Wildman–Crippen LogP) is 4.05. The zero-order valence-electron chi connectivity index (χ0n) is 16.4. The van der Waals surface area contributed by atoms with Crippen LogP contribution in [-0.2, 0) is 4.79 Å². The van der Waals surface area contributed by atoms with Crippen LogP contribution in [0.3, 0.4) is 0 Å². The van der Waals surface area contributed by atoms with Crippen molar-refractivity contribution in [3.63, 3.8) is 0 Å². The van der Waals surface area contributed by atoms with Crippen LogP contribution in [0, 0.1) is 12.8 Å². The van der Waals surface area contributed by atoms with Crippen molar-refractivity contribution in [1.82, 2.24) is 14.9 Å². The number of nitrogens with zero attached hydrogens (tertiary/aromatic N) is 3. The summed E-state index contributed by atoms with van der Waals surface area (Å²) in [5, 5.41) is 3.44. The van der Waals surface area contributed by atoms with E-state index in [4.69, 9.17) is 11.6 Å². The van der Waals surface area contributed by atoms with E-state index in [9.17, 15) is 9.59 Å². The lowest BCUT2D eigenvalue weighted by atomic mass is 10.1. The molecule has 1 saturated heterocycles. The molecule has 1 fully saturated rings. The van der Waals surface area contributed by atoms with Gasteiger partial charge in [0.1, 0.15) is 5.82 Å². The van der Waals surface area contributed by atoms with Crippen LogP contribution < -0.4 is 5.32 Å². The van der Waals surface area contributed by atoms with E-state index in [0.717, 1.165) is 13.0 Å². The average Bonchev–Trinajstić information content (AvgIpc) is 3.13. The van der Waals surface area contributed by atoms with E-state index in [-0.39, 0.29) is 17.7 Å². The van der Waals surface area contributed by atoms with Gasteiger partial charge >= 0.3 is 0 Å². The highest BCUT2D eigenvalue weighted by molar-refractivity contribution is 6.30. The van der Waals surface area contributed by atoms with Crippen molar-refractivity contribution in [2.75, 3.05) is 18.4 Å². The quantitative estimate of drug-likeness (QED) is 0.821. The molecule has 1 aliphatic heterocycles. The van der Waals surface area contributed by atoms with Crippen molar-refractivity contribution >= 4 is 29.1 Å². The Morgan fingerprint density at radius 3 is 2.64 bits per heavy atom. The molecule has 1 aliphatic rings. The highest BCUT2D eigenvalue weighted by atomic mass is 35.5. The fourth-order valence-corrected chi connectivity index (χ4v) is 3.44. The number of hydrogen-bond acceptors (Lipinski definition) is 4. The molecule has 1 N–H and O–H groups in total. The van der Waals surface area contributed by atoms with Crippen LogP contribution in [0.5, 0.6) is 0 Å². The number of carbonyl (C=O) groups is 2. The van der Waals surface area contributed by atoms with Crippen LogP contribution in [0.1, 0.15) is 54.5 Å². The van der Waals surface area contributed by atoms with Crippen LogP contribution >= 0.6 is 11.6 Å². The summed E-state index contributed by atoms with van der Waals surface area (Å²) in [4.78, 5) is 35.7. The number of anilines is 1. The summed E-state index contributed by atoms with van der Waals surface area (Å²) in [6, 6.07) is 6.92. The second-order valence-corrected chi connectivity index (χ2v) is 8.05. The zero-order valence-corrected chi connectivity index (χ0v) is 17.2. The van der Waals surface area contributed by atoms with Crippen LogP contribution in [-0.4, -0.2) is 39.8 Å². The Morgan fingerprint density at radius 2 is 2.00 bits per heavy atom. The highest BCUT2D eigenvalue weighted by Gasteiger charge is 2.29. The maximum absolute atomic E-state index is 12.5. The van der Waals surface area contributed by atoms with Crippen LogP contribution in [0.25, 0.3) is 0 Å². The molecule has 0 saturated carbocycles. The molecular formula is C21H25ClN4O2. The summed E-state index contributed by atoms with van der Waals surface area (Å²) >= 11 is 5.87. The number of nitrogens with one attached hydrogen (secondary N) is 1. The minimum absolute atomic E-state index is 0.114. The van der Waals surface area contributed by atoms with E-state index in [2.05, 4.69) is 15.3 Å². The van der Waals surface area contributed by atoms with Crippen molar-refractivity contribution < 1.29 is 9.59 Å². The lowest BCUT2D eigenvalue weighted by Gasteiger charge is -2.17. The molecule has 2 heterocycles. The van der Waals surface area contributed by atoms with Crippen LogP contribution in [0.15, 0.2) is 30.5 Å². The number of aromatic nitrogens is 2. The second-order valence-electron chi connectivity index (χ2n) is 7.61. The summed E-state index contributed by atoms with van der Waals surface area (Å²) in [6.07, 6.45) is 2.98. The van der Waals surface area contributed by atoms with Gasteiger partial charge in [-0.3, -0.25) is 9.59 Å². The SMILES string of the molecule is Cc1nc([C@@H]2CCN(C(=O)CC(C)C)C2)ncc1C(=O)Nc1ccc(Cl)cc1. The summed E-state index contributed by atoms with van der Waals surface area (Å²) in [5.41, 5.74) is 1.72. The Bertz CT molecular complexity index is 867. The number of benzene rings is 1. The Labute approximate surface area is 170 Å². The van der Waals surface area contributed by atoms with Gasteiger partial charge in [-0.05, 0) is 43.5 Å². The third-order valence-corrected chi connectivity index (χ3v) is 5.09. The van der Waals surface area contributed by atoms with Gasteiger partial charge in [0.15, 0.2) is 0 Å². The topological polar surface area (TPSA) is 75.2 Å². The zero-order chi connectivity index (χ0) is 20.3. The number of hydrogen-bond donors (Lipinski definition) is 1. The molecule has 0 unspecified atom stereocenters. The highest BCUT2D eigenvalue weighted by Crippen LogP contribution is 2.26. The molecule has 0 aliphatic carbocycles. The summed E-state index contributed by atoms with van der Waals surface area (Å²) < 4.78 is 0. The van der Waals surface area contributed by atoms with E-state index < -0.39 is 0 Å². The largest absolute Gasteiger partial charge is 0.342 e. The normalized spacial score (nSPS) is 16.5. The van der Waals surface area contributed by atoms with Crippen molar-refractivity contribution in [2.24, 2.45) is 5.92 Å². The van der Waals surface area contributed by atoms with Crippen LogP contribution in [0.4, 0.5) is 5.69 Å². The van der Waals surface area contributed by atoms with Crippen LogP contribution in [0.2, 0.25) is 5.02 Å². The summed E-state index contributed by atoms with van der Waals surface area (Å²) in [5.74, 6) is 1.09. The summed E-state index contributed by atoms with van der Waals surface area (Å²) in [6.45, 7) is 7.27. The fourth-order valence-electron chi connectivity index (χ4n) is 3.31.